The van der Waals surface area contributed by atoms with E-state index in [0.29, 0.717) is 12.6 Å². The highest BCUT2D eigenvalue weighted by Gasteiger charge is 2.17. The van der Waals surface area contributed by atoms with Gasteiger partial charge < -0.3 is 10.4 Å². The largest absolute Gasteiger partial charge is 0.396 e. The summed E-state index contributed by atoms with van der Waals surface area (Å²) in [4.78, 5) is 0. The smallest absolute Gasteiger partial charge is 0.0431 e. The zero-order valence-electron chi connectivity index (χ0n) is 10.6. The number of hydrogen-bond acceptors (Lipinski definition) is 2. The molecule has 0 bridgehead atoms. The fourth-order valence-electron chi connectivity index (χ4n) is 1.57. The second-order valence-corrected chi connectivity index (χ2v) is 5.14. The van der Waals surface area contributed by atoms with Gasteiger partial charge in [0.1, 0.15) is 0 Å². The van der Waals surface area contributed by atoms with Crippen LogP contribution in [0.2, 0.25) is 0 Å². The van der Waals surface area contributed by atoms with Crippen LogP contribution in [0.1, 0.15) is 46.5 Å². The SMILES string of the molecule is C=CCCC(C)NCC(C)(C)CCCO. The molecule has 0 rings (SSSR count). The van der Waals surface area contributed by atoms with Crippen LogP contribution in [0.3, 0.4) is 0 Å². The van der Waals surface area contributed by atoms with Gasteiger partial charge in [0, 0.05) is 19.2 Å². The number of rotatable bonds is 9. The van der Waals surface area contributed by atoms with Crippen molar-refractivity contribution < 1.29 is 5.11 Å². The molecule has 0 saturated heterocycles. The average Bonchev–Trinajstić information content (AvgIpc) is 2.21. The van der Waals surface area contributed by atoms with E-state index in [1.807, 2.05) is 6.08 Å². The lowest BCUT2D eigenvalue weighted by atomic mass is 9.87. The first-order valence-electron chi connectivity index (χ1n) is 5.97. The van der Waals surface area contributed by atoms with Gasteiger partial charge in [-0.2, -0.15) is 0 Å². The van der Waals surface area contributed by atoms with E-state index >= 15 is 0 Å². The van der Waals surface area contributed by atoms with Crippen molar-refractivity contribution in [2.45, 2.75) is 52.5 Å². The van der Waals surface area contributed by atoms with Gasteiger partial charge in [0.25, 0.3) is 0 Å². The van der Waals surface area contributed by atoms with E-state index in [9.17, 15) is 0 Å². The zero-order chi connectivity index (χ0) is 11.7. The Bertz CT molecular complexity index is 166. The Balaban J connectivity index is 3.66. The molecule has 0 aliphatic rings. The van der Waals surface area contributed by atoms with Crippen LogP contribution in [0.15, 0.2) is 12.7 Å². The van der Waals surface area contributed by atoms with Crippen molar-refractivity contribution in [3.05, 3.63) is 12.7 Å². The predicted molar refractivity (Wildman–Crippen MR) is 67.0 cm³/mol. The lowest BCUT2D eigenvalue weighted by molar-refractivity contribution is 0.232. The maximum absolute atomic E-state index is 8.79. The highest BCUT2D eigenvalue weighted by atomic mass is 16.2. The molecule has 2 N–H and O–H groups in total. The van der Waals surface area contributed by atoms with Crippen molar-refractivity contribution in [2.75, 3.05) is 13.2 Å². The number of hydrogen-bond donors (Lipinski definition) is 2. The lowest BCUT2D eigenvalue weighted by Gasteiger charge is -2.27. The summed E-state index contributed by atoms with van der Waals surface area (Å²) in [7, 11) is 0. The van der Waals surface area contributed by atoms with E-state index in [4.69, 9.17) is 5.11 Å². The molecule has 0 aromatic heterocycles. The first-order valence-corrected chi connectivity index (χ1v) is 5.97. The first kappa shape index (κ1) is 14.7. The summed E-state index contributed by atoms with van der Waals surface area (Å²) in [5.74, 6) is 0. The molecule has 0 aromatic rings. The Hall–Kier alpha value is -0.340. The van der Waals surface area contributed by atoms with Gasteiger partial charge in [-0.1, -0.05) is 19.9 Å². The van der Waals surface area contributed by atoms with Crippen molar-refractivity contribution in [2.24, 2.45) is 5.41 Å². The van der Waals surface area contributed by atoms with Crippen LogP contribution in [0, 0.1) is 5.41 Å². The van der Waals surface area contributed by atoms with Crippen LogP contribution < -0.4 is 5.32 Å². The van der Waals surface area contributed by atoms with Crippen molar-refractivity contribution >= 4 is 0 Å². The molecule has 90 valence electrons. The highest BCUT2D eigenvalue weighted by Crippen LogP contribution is 2.21. The number of nitrogens with one attached hydrogen (secondary N) is 1. The second kappa shape index (κ2) is 7.89. The Morgan fingerprint density at radius 3 is 2.67 bits per heavy atom. The minimum absolute atomic E-state index is 0.283. The second-order valence-electron chi connectivity index (χ2n) is 5.14. The van der Waals surface area contributed by atoms with Crippen molar-refractivity contribution in [1.29, 1.82) is 0 Å². The van der Waals surface area contributed by atoms with Crippen LogP contribution in [0.25, 0.3) is 0 Å². The molecule has 1 atom stereocenters. The molecular formula is C13H27NO. The van der Waals surface area contributed by atoms with Gasteiger partial charge in [-0.05, 0) is 38.0 Å². The van der Waals surface area contributed by atoms with Gasteiger partial charge >= 0.3 is 0 Å². The first-order chi connectivity index (χ1) is 7.02. The highest BCUT2D eigenvalue weighted by molar-refractivity contribution is 4.76. The third-order valence-corrected chi connectivity index (χ3v) is 2.74. The normalized spacial score (nSPS) is 13.9. The molecular weight excluding hydrogens is 186 g/mol. The Labute approximate surface area is 94.8 Å². The van der Waals surface area contributed by atoms with Gasteiger partial charge in [0.15, 0.2) is 0 Å². The lowest BCUT2D eigenvalue weighted by Crippen LogP contribution is -2.35. The topological polar surface area (TPSA) is 32.3 Å². The molecule has 2 heteroatoms. The number of allylic oxidation sites excluding steroid dienone is 1. The van der Waals surface area contributed by atoms with Crippen molar-refractivity contribution in [3.8, 4) is 0 Å². The maximum Gasteiger partial charge on any atom is 0.0431 e. The van der Waals surface area contributed by atoms with Crippen LogP contribution in [-0.4, -0.2) is 24.3 Å². The number of aliphatic hydroxyl groups is 1. The monoisotopic (exact) mass is 213 g/mol. The minimum atomic E-state index is 0.283. The van der Waals surface area contributed by atoms with E-state index in [0.717, 1.165) is 32.2 Å². The fraction of sp³-hybridized carbons (Fsp3) is 0.846. The van der Waals surface area contributed by atoms with Crippen LogP contribution in [-0.2, 0) is 0 Å². The standard InChI is InChI=1S/C13H27NO/c1-5-6-8-12(2)14-11-13(3,4)9-7-10-15/h5,12,14-15H,1,6-11H2,2-4H3. The molecule has 0 aliphatic carbocycles. The Morgan fingerprint density at radius 2 is 2.13 bits per heavy atom. The molecule has 2 nitrogen and oxygen atoms in total. The summed E-state index contributed by atoms with van der Waals surface area (Å²) < 4.78 is 0. The molecule has 0 aliphatic heterocycles. The number of aliphatic hydroxyl groups excluding tert-OH is 1. The van der Waals surface area contributed by atoms with E-state index in [1.54, 1.807) is 0 Å². The molecule has 0 fully saturated rings. The molecule has 15 heavy (non-hydrogen) atoms. The maximum atomic E-state index is 8.79. The molecule has 0 spiro atoms. The fourth-order valence-corrected chi connectivity index (χ4v) is 1.57. The third kappa shape index (κ3) is 8.64. The summed E-state index contributed by atoms with van der Waals surface area (Å²) in [6.07, 6.45) is 6.17. The molecule has 0 amide bonds. The minimum Gasteiger partial charge on any atom is -0.396 e. The van der Waals surface area contributed by atoms with Gasteiger partial charge in [-0.25, -0.2) is 0 Å². The zero-order valence-corrected chi connectivity index (χ0v) is 10.6. The average molecular weight is 213 g/mol. The van der Waals surface area contributed by atoms with Gasteiger partial charge in [-0.15, -0.1) is 6.58 Å². The van der Waals surface area contributed by atoms with E-state index in [-0.39, 0.29) is 5.41 Å². The Kier molecular flexibility index (Phi) is 7.71. The van der Waals surface area contributed by atoms with E-state index in [1.165, 1.54) is 0 Å². The van der Waals surface area contributed by atoms with Gasteiger partial charge in [-0.3, -0.25) is 0 Å². The predicted octanol–water partition coefficient (Wildman–Crippen LogP) is 2.73. The van der Waals surface area contributed by atoms with Gasteiger partial charge in [0.05, 0.1) is 0 Å². The van der Waals surface area contributed by atoms with E-state index < -0.39 is 0 Å². The summed E-state index contributed by atoms with van der Waals surface area (Å²) in [6, 6.07) is 0.552. The summed E-state index contributed by atoms with van der Waals surface area (Å²) in [5, 5.41) is 12.3. The molecule has 0 saturated carbocycles. The molecule has 0 aromatic carbocycles. The Morgan fingerprint density at radius 1 is 1.47 bits per heavy atom. The van der Waals surface area contributed by atoms with Gasteiger partial charge in [0.2, 0.25) is 0 Å². The van der Waals surface area contributed by atoms with Crippen LogP contribution >= 0.6 is 0 Å². The molecule has 1 unspecified atom stereocenters. The third-order valence-electron chi connectivity index (χ3n) is 2.74. The quantitative estimate of drug-likeness (QED) is 0.577. The summed E-state index contributed by atoms with van der Waals surface area (Å²) in [6.45, 7) is 11.8. The van der Waals surface area contributed by atoms with Crippen molar-refractivity contribution in [1.82, 2.24) is 5.32 Å². The van der Waals surface area contributed by atoms with E-state index in [2.05, 4.69) is 32.7 Å². The van der Waals surface area contributed by atoms with Crippen molar-refractivity contribution in [3.63, 3.8) is 0 Å². The molecule has 0 radical (unpaired) electrons. The van der Waals surface area contributed by atoms with Crippen LogP contribution in [0.5, 0.6) is 0 Å². The summed E-state index contributed by atoms with van der Waals surface area (Å²) >= 11 is 0. The summed E-state index contributed by atoms with van der Waals surface area (Å²) in [5.41, 5.74) is 0.283. The molecule has 0 heterocycles. The van der Waals surface area contributed by atoms with Crippen LogP contribution in [0.4, 0.5) is 0 Å².